The van der Waals surface area contributed by atoms with Crippen molar-refractivity contribution in [2.75, 3.05) is 18.2 Å². The van der Waals surface area contributed by atoms with E-state index in [9.17, 15) is 0 Å². The first kappa shape index (κ1) is 13.2. The van der Waals surface area contributed by atoms with E-state index in [0.717, 1.165) is 16.5 Å². The van der Waals surface area contributed by atoms with Crippen LogP contribution in [0, 0.1) is 0 Å². The highest BCUT2D eigenvalue weighted by Crippen LogP contribution is 2.21. The van der Waals surface area contributed by atoms with Crippen molar-refractivity contribution in [2.45, 2.75) is 6.54 Å². The van der Waals surface area contributed by atoms with Gasteiger partial charge in [0.1, 0.15) is 5.82 Å². The number of methoxy groups -OCH3 is 1. The Labute approximate surface area is 122 Å². The number of hydrogen-bond acceptors (Lipinski definition) is 5. The molecule has 0 fully saturated rings. The Kier molecular flexibility index (Phi) is 3.55. The Morgan fingerprint density at radius 3 is 2.86 bits per heavy atom. The van der Waals surface area contributed by atoms with Gasteiger partial charge < -0.3 is 15.8 Å². The van der Waals surface area contributed by atoms with Crippen molar-refractivity contribution in [3.63, 3.8) is 0 Å². The van der Waals surface area contributed by atoms with Crippen molar-refractivity contribution >= 4 is 22.4 Å². The maximum Gasteiger partial charge on any atom is 0.238 e. The molecule has 2 heterocycles. The van der Waals surface area contributed by atoms with Crippen molar-refractivity contribution in [3.8, 4) is 5.88 Å². The van der Waals surface area contributed by atoms with Gasteiger partial charge in [0.15, 0.2) is 0 Å². The van der Waals surface area contributed by atoms with E-state index in [0.29, 0.717) is 23.9 Å². The molecule has 106 valence electrons. The number of para-hydroxylation sites is 1. The minimum absolute atomic E-state index is 0.427. The molecule has 3 aromatic rings. The molecule has 0 saturated heterocycles. The molecule has 2 aromatic heterocycles. The van der Waals surface area contributed by atoms with Gasteiger partial charge in [-0.2, -0.15) is 4.98 Å². The van der Waals surface area contributed by atoms with Crippen LogP contribution in [-0.4, -0.2) is 17.1 Å². The van der Waals surface area contributed by atoms with Crippen molar-refractivity contribution in [1.29, 1.82) is 0 Å². The number of nitrogens with zero attached hydrogens (tertiary/aromatic N) is 2. The maximum absolute atomic E-state index is 5.76. The first-order chi connectivity index (χ1) is 10.3. The number of nitrogen functional groups attached to an aromatic ring is 1. The number of aromatic nitrogens is 2. The molecular formula is C16H16N4O. The number of fused-ring (bicyclic) bond motifs is 1. The summed E-state index contributed by atoms with van der Waals surface area (Å²) in [6.07, 6.45) is 1.80. The fraction of sp³-hybridized carbons (Fsp3) is 0.125. The van der Waals surface area contributed by atoms with Gasteiger partial charge in [0.25, 0.3) is 0 Å². The van der Waals surface area contributed by atoms with E-state index in [2.05, 4.69) is 33.5 Å². The van der Waals surface area contributed by atoms with E-state index in [1.165, 1.54) is 0 Å². The molecule has 3 rings (SSSR count). The minimum Gasteiger partial charge on any atom is -0.479 e. The van der Waals surface area contributed by atoms with Crippen LogP contribution in [-0.2, 0) is 6.54 Å². The molecule has 0 atom stereocenters. The lowest BCUT2D eigenvalue weighted by molar-refractivity contribution is 0.401. The third kappa shape index (κ3) is 2.72. The Morgan fingerprint density at radius 2 is 2.00 bits per heavy atom. The molecule has 5 nitrogen and oxygen atoms in total. The zero-order valence-corrected chi connectivity index (χ0v) is 11.7. The number of ether oxygens (including phenoxy) is 1. The summed E-state index contributed by atoms with van der Waals surface area (Å²) in [6.45, 7) is 0.633. The Morgan fingerprint density at radius 1 is 1.14 bits per heavy atom. The number of nitrogens with one attached hydrogen (secondary N) is 1. The molecule has 0 unspecified atom stereocenters. The van der Waals surface area contributed by atoms with Gasteiger partial charge in [0, 0.05) is 18.1 Å². The molecule has 21 heavy (non-hydrogen) atoms. The average Bonchev–Trinajstić information content (AvgIpc) is 2.54. The molecule has 1 aromatic carbocycles. The summed E-state index contributed by atoms with van der Waals surface area (Å²) in [5.41, 5.74) is 8.39. The first-order valence-corrected chi connectivity index (χ1v) is 6.65. The SMILES string of the molecule is COc1nc(NCc2cccc3cccnc23)ccc1N. The van der Waals surface area contributed by atoms with Crippen LogP contribution in [0.15, 0.2) is 48.7 Å². The fourth-order valence-electron chi connectivity index (χ4n) is 2.21. The van der Waals surface area contributed by atoms with Crippen LogP contribution in [0.25, 0.3) is 10.9 Å². The number of hydrogen-bond donors (Lipinski definition) is 2. The van der Waals surface area contributed by atoms with Crippen molar-refractivity contribution in [2.24, 2.45) is 0 Å². The van der Waals surface area contributed by atoms with E-state index in [1.54, 1.807) is 19.4 Å². The van der Waals surface area contributed by atoms with Gasteiger partial charge in [0.2, 0.25) is 5.88 Å². The molecule has 0 bridgehead atoms. The number of anilines is 2. The molecule has 0 radical (unpaired) electrons. The lowest BCUT2D eigenvalue weighted by Crippen LogP contribution is -2.04. The third-order valence-corrected chi connectivity index (χ3v) is 3.26. The fourth-order valence-corrected chi connectivity index (χ4v) is 2.21. The number of pyridine rings is 2. The summed E-state index contributed by atoms with van der Waals surface area (Å²) in [5.74, 6) is 1.14. The summed E-state index contributed by atoms with van der Waals surface area (Å²) in [7, 11) is 1.55. The van der Waals surface area contributed by atoms with Gasteiger partial charge in [-0.15, -0.1) is 0 Å². The Bertz CT molecular complexity index is 768. The zero-order valence-electron chi connectivity index (χ0n) is 11.7. The second-order valence-corrected chi connectivity index (χ2v) is 4.64. The first-order valence-electron chi connectivity index (χ1n) is 6.65. The molecule has 0 aliphatic carbocycles. The molecule has 3 N–H and O–H groups in total. The summed E-state index contributed by atoms with van der Waals surface area (Å²) in [6, 6.07) is 13.7. The monoisotopic (exact) mass is 280 g/mol. The van der Waals surface area contributed by atoms with E-state index < -0.39 is 0 Å². The summed E-state index contributed by atoms with van der Waals surface area (Å²) in [5, 5.41) is 4.39. The smallest absolute Gasteiger partial charge is 0.238 e. The van der Waals surface area contributed by atoms with Gasteiger partial charge in [0.05, 0.1) is 18.3 Å². The maximum atomic E-state index is 5.76. The van der Waals surface area contributed by atoms with Gasteiger partial charge in [-0.25, -0.2) is 0 Å². The van der Waals surface area contributed by atoms with E-state index in [-0.39, 0.29) is 0 Å². The summed E-state index contributed by atoms with van der Waals surface area (Å²) < 4.78 is 5.12. The highest BCUT2D eigenvalue weighted by molar-refractivity contribution is 5.81. The zero-order chi connectivity index (χ0) is 14.7. The molecule has 0 aliphatic rings. The molecule has 0 aliphatic heterocycles. The van der Waals surface area contributed by atoms with Crippen LogP contribution in [0.4, 0.5) is 11.5 Å². The average molecular weight is 280 g/mol. The molecule has 0 spiro atoms. The second kappa shape index (κ2) is 5.66. The lowest BCUT2D eigenvalue weighted by atomic mass is 10.1. The highest BCUT2D eigenvalue weighted by atomic mass is 16.5. The number of benzene rings is 1. The Balaban J connectivity index is 1.83. The molecule has 5 heteroatoms. The van der Waals surface area contributed by atoms with Gasteiger partial charge >= 0.3 is 0 Å². The lowest BCUT2D eigenvalue weighted by Gasteiger charge is -2.10. The van der Waals surface area contributed by atoms with Crippen molar-refractivity contribution < 1.29 is 4.74 Å². The highest BCUT2D eigenvalue weighted by Gasteiger charge is 2.05. The quantitative estimate of drug-likeness (QED) is 0.768. The summed E-state index contributed by atoms with van der Waals surface area (Å²) in [4.78, 5) is 8.74. The molecule has 0 saturated carbocycles. The normalized spacial score (nSPS) is 10.5. The number of nitrogens with two attached hydrogens (primary N) is 1. The van der Waals surface area contributed by atoms with Crippen LogP contribution < -0.4 is 15.8 Å². The Hall–Kier alpha value is -2.82. The van der Waals surface area contributed by atoms with Crippen molar-refractivity contribution in [3.05, 3.63) is 54.2 Å². The third-order valence-electron chi connectivity index (χ3n) is 3.26. The largest absolute Gasteiger partial charge is 0.479 e. The molecule has 0 amide bonds. The van der Waals surface area contributed by atoms with Gasteiger partial charge in [-0.1, -0.05) is 24.3 Å². The minimum atomic E-state index is 0.427. The van der Waals surface area contributed by atoms with E-state index in [1.807, 2.05) is 18.2 Å². The van der Waals surface area contributed by atoms with Crippen LogP contribution in [0.3, 0.4) is 0 Å². The van der Waals surface area contributed by atoms with Gasteiger partial charge in [-0.3, -0.25) is 4.98 Å². The summed E-state index contributed by atoms with van der Waals surface area (Å²) >= 11 is 0. The van der Waals surface area contributed by atoms with Crippen LogP contribution in [0.5, 0.6) is 5.88 Å². The standard InChI is InChI=1S/C16H16N4O/c1-21-16-13(17)7-8-14(20-16)19-10-12-5-2-4-11-6-3-9-18-15(11)12/h2-9H,10,17H2,1H3,(H,19,20). The number of rotatable bonds is 4. The second-order valence-electron chi connectivity index (χ2n) is 4.64. The molecular weight excluding hydrogens is 264 g/mol. The van der Waals surface area contributed by atoms with E-state index in [4.69, 9.17) is 10.5 Å². The van der Waals surface area contributed by atoms with E-state index >= 15 is 0 Å². The van der Waals surface area contributed by atoms with Crippen LogP contribution in [0.2, 0.25) is 0 Å². The predicted octanol–water partition coefficient (Wildman–Crippen LogP) is 2.83. The van der Waals surface area contributed by atoms with Crippen LogP contribution >= 0.6 is 0 Å². The van der Waals surface area contributed by atoms with Crippen molar-refractivity contribution in [1.82, 2.24) is 9.97 Å². The van der Waals surface area contributed by atoms with Gasteiger partial charge in [-0.05, 0) is 23.8 Å². The topological polar surface area (TPSA) is 73.1 Å². The predicted molar refractivity (Wildman–Crippen MR) is 84.3 cm³/mol. The van der Waals surface area contributed by atoms with Crippen LogP contribution in [0.1, 0.15) is 5.56 Å².